The number of nitrogens with zero attached hydrogens (tertiary/aromatic N) is 2. The molecule has 0 amide bonds. The highest BCUT2D eigenvalue weighted by Gasteiger charge is 2.24. The highest BCUT2D eigenvalue weighted by atomic mass is 32.2. The molecule has 2 aromatic heterocycles. The van der Waals surface area contributed by atoms with Gasteiger partial charge in [-0.15, -0.1) is 11.3 Å². The molecular weight excluding hydrogens is 316 g/mol. The van der Waals surface area contributed by atoms with Crippen LogP contribution in [0.3, 0.4) is 0 Å². The molecule has 0 aliphatic carbocycles. The highest BCUT2D eigenvalue weighted by Crippen LogP contribution is 2.32. The third-order valence-electron chi connectivity index (χ3n) is 2.81. The number of nitrogens with two attached hydrogens (primary N) is 1. The summed E-state index contributed by atoms with van der Waals surface area (Å²) in [5, 5.41) is 6.56. The van der Waals surface area contributed by atoms with Crippen LogP contribution in [0.2, 0.25) is 0 Å². The first-order valence-corrected chi connectivity index (χ1v) is 9.37. The molecule has 9 heteroatoms. The van der Waals surface area contributed by atoms with E-state index < -0.39 is 9.84 Å². The van der Waals surface area contributed by atoms with E-state index >= 15 is 0 Å². The van der Waals surface area contributed by atoms with E-state index in [1.165, 1.54) is 0 Å². The Morgan fingerprint density at radius 2 is 2.25 bits per heavy atom. The molecule has 0 aromatic carbocycles. The molecule has 0 aliphatic rings. The monoisotopic (exact) mass is 332 g/mol. The summed E-state index contributed by atoms with van der Waals surface area (Å²) in [6, 6.07) is 0. The molecular formula is C11H16N4O2S3. The summed E-state index contributed by atoms with van der Waals surface area (Å²) >= 11 is 2.65. The van der Waals surface area contributed by atoms with E-state index in [0.717, 1.165) is 16.5 Å². The largest absolute Gasteiger partial charge is 0.382 e. The van der Waals surface area contributed by atoms with Crippen LogP contribution in [0, 0.1) is 0 Å². The number of aromatic nitrogens is 2. The van der Waals surface area contributed by atoms with Crippen LogP contribution in [-0.4, -0.2) is 30.1 Å². The zero-order valence-electron chi connectivity index (χ0n) is 11.2. The molecule has 2 rings (SSSR count). The van der Waals surface area contributed by atoms with Crippen LogP contribution < -0.4 is 11.1 Å². The number of sulfone groups is 1. The molecule has 20 heavy (non-hydrogen) atoms. The Labute approximate surface area is 126 Å². The Morgan fingerprint density at radius 1 is 1.50 bits per heavy atom. The van der Waals surface area contributed by atoms with Gasteiger partial charge < -0.3 is 11.1 Å². The van der Waals surface area contributed by atoms with Crippen LogP contribution in [0.5, 0.6) is 0 Å². The van der Waals surface area contributed by atoms with Crippen LogP contribution in [0.4, 0.5) is 10.8 Å². The van der Waals surface area contributed by atoms with Crippen LogP contribution in [0.15, 0.2) is 16.5 Å². The third-order valence-corrected chi connectivity index (χ3v) is 6.56. The second kappa shape index (κ2) is 6.06. The van der Waals surface area contributed by atoms with Crippen molar-refractivity contribution in [1.82, 2.24) is 9.36 Å². The van der Waals surface area contributed by atoms with Gasteiger partial charge >= 0.3 is 0 Å². The van der Waals surface area contributed by atoms with E-state index in [1.807, 2.05) is 12.3 Å². The Balaban J connectivity index is 2.15. The molecule has 0 fully saturated rings. The van der Waals surface area contributed by atoms with E-state index in [4.69, 9.17) is 5.73 Å². The van der Waals surface area contributed by atoms with Crippen molar-refractivity contribution in [3.8, 4) is 0 Å². The van der Waals surface area contributed by atoms with Gasteiger partial charge in [-0.3, -0.25) is 0 Å². The molecule has 0 bridgehead atoms. The van der Waals surface area contributed by atoms with Crippen molar-refractivity contribution in [3.63, 3.8) is 0 Å². The number of nitrogen functional groups attached to an aromatic ring is 1. The number of nitrogens with one attached hydrogen (secondary N) is 1. The molecule has 1 unspecified atom stereocenters. The summed E-state index contributed by atoms with van der Waals surface area (Å²) in [7, 11) is -3.37. The fourth-order valence-corrected chi connectivity index (χ4v) is 4.54. The van der Waals surface area contributed by atoms with Crippen molar-refractivity contribution in [2.45, 2.75) is 24.7 Å². The summed E-state index contributed by atoms with van der Waals surface area (Å²) in [5.41, 5.74) is 5.67. The minimum atomic E-state index is -3.37. The molecule has 0 aliphatic heterocycles. The van der Waals surface area contributed by atoms with Crippen molar-refractivity contribution in [2.24, 2.45) is 0 Å². The first-order chi connectivity index (χ1) is 9.45. The van der Waals surface area contributed by atoms with E-state index in [1.54, 1.807) is 24.5 Å². The molecule has 6 nitrogen and oxygen atoms in total. The lowest BCUT2D eigenvalue weighted by atomic mass is 10.2. The van der Waals surface area contributed by atoms with Crippen LogP contribution in [0.25, 0.3) is 0 Å². The van der Waals surface area contributed by atoms with E-state index in [2.05, 4.69) is 14.7 Å². The third kappa shape index (κ3) is 3.10. The second-order valence-corrected chi connectivity index (χ2v) is 8.20. The number of anilines is 2. The molecule has 3 N–H and O–H groups in total. The van der Waals surface area contributed by atoms with Gasteiger partial charge in [0.15, 0.2) is 15.7 Å². The van der Waals surface area contributed by atoms with E-state index in [-0.39, 0.29) is 22.4 Å². The molecule has 0 saturated carbocycles. The Bertz CT molecular complexity index is 664. The maximum atomic E-state index is 12.0. The lowest BCUT2D eigenvalue weighted by molar-refractivity contribution is 0.598. The van der Waals surface area contributed by atoms with Gasteiger partial charge in [-0.05, 0) is 11.5 Å². The van der Waals surface area contributed by atoms with Crippen LogP contribution in [-0.2, 0) is 9.84 Å². The standard InChI is InChI=1S/C11H16N4O2S3/c1-3-20(16,17)8-9(12)15-19-11(8)14-6-7(2)10-13-4-5-18-10/h4-5,7,14H,3,6H2,1-2H3,(H2,12,15). The molecule has 0 spiro atoms. The van der Waals surface area contributed by atoms with E-state index in [9.17, 15) is 8.42 Å². The molecule has 1 atom stereocenters. The average Bonchev–Trinajstić information content (AvgIpc) is 3.05. The number of hydrogen-bond donors (Lipinski definition) is 2. The van der Waals surface area contributed by atoms with Crippen molar-refractivity contribution in [3.05, 3.63) is 16.6 Å². The first kappa shape index (κ1) is 15.2. The zero-order chi connectivity index (χ0) is 14.8. The summed E-state index contributed by atoms with van der Waals surface area (Å²) in [5.74, 6) is 0.267. The Hall–Kier alpha value is -1.19. The maximum Gasteiger partial charge on any atom is 0.184 e. The van der Waals surface area contributed by atoms with Crippen LogP contribution >= 0.6 is 22.9 Å². The van der Waals surface area contributed by atoms with E-state index in [0.29, 0.717) is 11.5 Å². The van der Waals surface area contributed by atoms with Crippen LogP contribution in [0.1, 0.15) is 24.8 Å². The van der Waals surface area contributed by atoms with Gasteiger partial charge in [0.1, 0.15) is 9.90 Å². The summed E-state index contributed by atoms with van der Waals surface area (Å²) in [6.45, 7) is 4.21. The van der Waals surface area contributed by atoms with Gasteiger partial charge in [0, 0.05) is 24.0 Å². The summed E-state index contributed by atoms with van der Waals surface area (Å²) in [6.07, 6.45) is 1.76. The average molecular weight is 332 g/mol. The van der Waals surface area contributed by atoms with Gasteiger partial charge in [-0.25, -0.2) is 13.4 Å². The highest BCUT2D eigenvalue weighted by molar-refractivity contribution is 7.91. The fourth-order valence-electron chi connectivity index (χ4n) is 1.66. The van der Waals surface area contributed by atoms with Gasteiger partial charge in [-0.1, -0.05) is 13.8 Å². The Morgan fingerprint density at radius 3 is 2.85 bits per heavy atom. The topological polar surface area (TPSA) is 98.0 Å². The minimum Gasteiger partial charge on any atom is -0.382 e. The molecule has 0 radical (unpaired) electrons. The Kier molecular flexibility index (Phi) is 4.61. The maximum absolute atomic E-state index is 12.0. The van der Waals surface area contributed by atoms with Crippen molar-refractivity contribution in [1.29, 1.82) is 0 Å². The predicted octanol–water partition coefficient (Wildman–Crippen LogP) is 2.19. The lowest BCUT2D eigenvalue weighted by Crippen LogP contribution is -2.13. The molecule has 0 saturated heterocycles. The van der Waals surface area contributed by atoms with Gasteiger partial charge in [-0.2, -0.15) is 4.37 Å². The molecule has 110 valence electrons. The SMILES string of the molecule is CCS(=O)(=O)c1c(N)nsc1NCC(C)c1nccs1. The van der Waals surface area contributed by atoms with Gasteiger partial charge in [0.25, 0.3) is 0 Å². The zero-order valence-corrected chi connectivity index (χ0v) is 13.6. The quantitative estimate of drug-likeness (QED) is 0.841. The number of thiazole rings is 1. The van der Waals surface area contributed by atoms with Crippen molar-refractivity contribution >= 4 is 43.5 Å². The number of rotatable bonds is 6. The minimum absolute atomic E-state index is 0.00628. The smallest absolute Gasteiger partial charge is 0.184 e. The lowest BCUT2D eigenvalue weighted by Gasteiger charge is -2.11. The molecule has 2 heterocycles. The van der Waals surface area contributed by atoms with Gasteiger partial charge in [0.05, 0.1) is 10.8 Å². The van der Waals surface area contributed by atoms with Crippen molar-refractivity contribution < 1.29 is 8.42 Å². The first-order valence-electron chi connectivity index (χ1n) is 6.07. The fraction of sp³-hybridized carbons (Fsp3) is 0.455. The number of hydrogen-bond acceptors (Lipinski definition) is 8. The predicted molar refractivity (Wildman–Crippen MR) is 83.3 cm³/mol. The summed E-state index contributed by atoms with van der Waals surface area (Å²) in [4.78, 5) is 4.37. The van der Waals surface area contributed by atoms with Gasteiger partial charge in [0.2, 0.25) is 0 Å². The second-order valence-electron chi connectivity index (χ2n) is 4.28. The normalized spacial score (nSPS) is 13.3. The summed E-state index contributed by atoms with van der Waals surface area (Å²) < 4.78 is 28.0. The molecule has 2 aromatic rings. The van der Waals surface area contributed by atoms with Crippen molar-refractivity contribution in [2.75, 3.05) is 23.3 Å².